The SMILES string of the molecule is CSN(C)C1CCN(c2ccc(Cl)c(F)c2)C1. The molecule has 0 saturated carbocycles. The molecule has 5 heteroatoms. The van der Waals surface area contributed by atoms with Gasteiger partial charge in [-0.2, -0.15) is 0 Å². The van der Waals surface area contributed by atoms with Gasteiger partial charge < -0.3 is 4.90 Å². The zero-order valence-electron chi connectivity index (χ0n) is 9.99. The summed E-state index contributed by atoms with van der Waals surface area (Å²) in [5, 5.41) is 0.186. The second-order valence-electron chi connectivity index (χ2n) is 4.22. The fourth-order valence-corrected chi connectivity index (χ4v) is 2.69. The molecule has 1 aliphatic rings. The molecule has 1 aliphatic heterocycles. The van der Waals surface area contributed by atoms with Gasteiger partial charge in [-0.15, -0.1) is 0 Å². The van der Waals surface area contributed by atoms with Crippen LogP contribution in [0.1, 0.15) is 6.42 Å². The van der Waals surface area contributed by atoms with Gasteiger partial charge in [-0.25, -0.2) is 8.70 Å². The molecule has 1 atom stereocenters. The maximum absolute atomic E-state index is 13.4. The van der Waals surface area contributed by atoms with Crippen LogP contribution in [-0.2, 0) is 0 Å². The summed E-state index contributed by atoms with van der Waals surface area (Å²) in [7, 11) is 2.10. The van der Waals surface area contributed by atoms with Crippen LogP contribution in [0.5, 0.6) is 0 Å². The van der Waals surface area contributed by atoms with Crippen molar-refractivity contribution in [3.8, 4) is 0 Å². The Labute approximate surface area is 111 Å². The third-order valence-electron chi connectivity index (χ3n) is 3.23. The summed E-state index contributed by atoms with van der Waals surface area (Å²) in [6.45, 7) is 1.91. The van der Waals surface area contributed by atoms with Gasteiger partial charge in [0, 0.05) is 24.8 Å². The van der Waals surface area contributed by atoms with Crippen LogP contribution in [0.25, 0.3) is 0 Å². The highest BCUT2D eigenvalue weighted by atomic mass is 35.5. The third kappa shape index (κ3) is 2.87. The van der Waals surface area contributed by atoms with Crippen molar-refractivity contribution in [3.05, 3.63) is 29.0 Å². The van der Waals surface area contributed by atoms with Gasteiger partial charge in [-0.05, 0) is 37.9 Å². The largest absolute Gasteiger partial charge is 0.370 e. The number of likely N-dealkylation sites (N-methyl/N-ethyl adjacent to an activating group) is 1. The van der Waals surface area contributed by atoms with Gasteiger partial charge in [0.2, 0.25) is 0 Å². The van der Waals surface area contributed by atoms with Gasteiger partial charge in [-0.3, -0.25) is 0 Å². The zero-order valence-corrected chi connectivity index (χ0v) is 11.6. The van der Waals surface area contributed by atoms with Gasteiger partial charge >= 0.3 is 0 Å². The maximum Gasteiger partial charge on any atom is 0.143 e. The fraction of sp³-hybridized carbons (Fsp3) is 0.500. The number of anilines is 1. The van der Waals surface area contributed by atoms with Crippen LogP contribution >= 0.6 is 23.5 Å². The van der Waals surface area contributed by atoms with Crippen molar-refractivity contribution in [2.24, 2.45) is 0 Å². The van der Waals surface area contributed by atoms with E-state index in [1.54, 1.807) is 18.0 Å². The molecule has 1 unspecified atom stereocenters. The van der Waals surface area contributed by atoms with Crippen molar-refractivity contribution in [3.63, 3.8) is 0 Å². The van der Waals surface area contributed by atoms with E-state index in [1.165, 1.54) is 6.07 Å². The summed E-state index contributed by atoms with van der Waals surface area (Å²) in [4.78, 5) is 2.21. The van der Waals surface area contributed by atoms with Crippen LogP contribution < -0.4 is 4.90 Å². The van der Waals surface area contributed by atoms with Crippen molar-refractivity contribution in [2.75, 3.05) is 31.3 Å². The number of hydrogen-bond donors (Lipinski definition) is 0. The lowest BCUT2D eigenvalue weighted by molar-refractivity contribution is 0.440. The topological polar surface area (TPSA) is 6.48 Å². The molecule has 1 heterocycles. The van der Waals surface area contributed by atoms with E-state index in [4.69, 9.17) is 11.6 Å². The number of benzene rings is 1. The quantitative estimate of drug-likeness (QED) is 0.781. The van der Waals surface area contributed by atoms with Crippen LogP contribution in [0.3, 0.4) is 0 Å². The minimum Gasteiger partial charge on any atom is -0.370 e. The standard InChI is InChI=1S/C12H16ClFN2S/c1-15(17-2)10-5-6-16(8-10)9-3-4-11(13)12(14)7-9/h3-4,7,10H,5-6,8H2,1-2H3. The summed E-state index contributed by atoms with van der Waals surface area (Å²) in [5.74, 6) is -0.342. The van der Waals surface area contributed by atoms with Crippen LogP contribution in [0.2, 0.25) is 5.02 Å². The molecule has 1 aromatic carbocycles. The maximum atomic E-state index is 13.4. The molecule has 0 amide bonds. The van der Waals surface area contributed by atoms with Crippen LogP contribution in [0.4, 0.5) is 10.1 Å². The normalized spacial score (nSPS) is 20.3. The lowest BCUT2D eigenvalue weighted by Gasteiger charge is -2.23. The van der Waals surface area contributed by atoms with Gasteiger partial charge in [-0.1, -0.05) is 23.5 Å². The van der Waals surface area contributed by atoms with E-state index in [0.717, 1.165) is 25.2 Å². The highest BCUT2D eigenvalue weighted by molar-refractivity contribution is 7.96. The van der Waals surface area contributed by atoms with Gasteiger partial charge in [0.05, 0.1) is 5.02 Å². The van der Waals surface area contributed by atoms with Gasteiger partial charge in [0.1, 0.15) is 5.82 Å². The van der Waals surface area contributed by atoms with Crippen molar-refractivity contribution >= 4 is 29.2 Å². The first-order chi connectivity index (χ1) is 8.11. The predicted octanol–water partition coefficient (Wildman–Crippen LogP) is 3.27. The number of nitrogens with zero attached hydrogens (tertiary/aromatic N) is 2. The Morgan fingerprint density at radius 1 is 1.53 bits per heavy atom. The summed E-state index contributed by atoms with van der Waals surface area (Å²) >= 11 is 7.42. The fourth-order valence-electron chi connectivity index (χ4n) is 2.10. The molecule has 2 nitrogen and oxygen atoms in total. The van der Waals surface area contributed by atoms with E-state index in [-0.39, 0.29) is 10.8 Å². The molecule has 0 radical (unpaired) electrons. The molecule has 0 N–H and O–H groups in total. The van der Waals surface area contributed by atoms with Gasteiger partial charge in [0.25, 0.3) is 0 Å². The predicted molar refractivity (Wildman–Crippen MR) is 73.3 cm³/mol. The Balaban J connectivity index is 2.07. The second-order valence-corrected chi connectivity index (χ2v) is 5.56. The van der Waals surface area contributed by atoms with E-state index in [0.29, 0.717) is 6.04 Å². The average molecular weight is 275 g/mol. The molecular weight excluding hydrogens is 259 g/mol. The molecule has 94 valence electrons. The minimum atomic E-state index is -0.342. The molecule has 1 aromatic rings. The van der Waals surface area contributed by atoms with E-state index in [2.05, 4.69) is 22.5 Å². The van der Waals surface area contributed by atoms with Crippen molar-refractivity contribution in [2.45, 2.75) is 12.5 Å². The van der Waals surface area contributed by atoms with Crippen LogP contribution in [0, 0.1) is 5.82 Å². The van der Waals surface area contributed by atoms with E-state index in [9.17, 15) is 4.39 Å². The molecule has 1 fully saturated rings. The average Bonchev–Trinajstić information content (AvgIpc) is 2.81. The van der Waals surface area contributed by atoms with Crippen molar-refractivity contribution in [1.29, 1.82) is 0 Å². The molecule has 1 saturated heterocycles. The Bertz CT molecular complexity index is 402. The molecule has 0 aliphatic carbocycles. The lowest BCUT2D eigenvalue weighted by Crippen LogP contribution is -2.29. The summed E-state index contributed by atoms with van der Waals surface area (Å²) < 4.78 is 15.6. The van der Waals surface area contributed by atoms with Crippen molar-refractivity contribution < 1.29 is 4.39 Å². The van der Waals surface area contributed by atoms with Crippen LogP contribution in [-0.4, -0.2) is 36.7 Å². The Morgan fingerprint density at radius 2 is 2.29 bits per heavy atom. The Hall–Kier alpha value is -0.450. The van der Waals surface area contributed by atoms with Gasteiger partial charge in [0.15, 0.2) is 0 Å². The van der Waals surface area contributed by atoms with E-state index in [1.807, 2.05) is 6.07 Å². The first-order valence-electron chi connectivity index (χ1n) is 5.58. The van der Waals surface area contributed by atoms with E-state index >= 15 is 0 Å². The summed E-state index contributed by atoms with van der Waals surface area (Å²) in [5.41, 5.74) is 0.920. The molecule has 17 heavy (non-hydrogen) atoms. The zero-order chi connectivity index (χ0) is 12.4. The smallest absolute Gasteiger partial charge is 0.143 e. The van der Waals surface area contributed by atoms with E-state index < -0.39 is 0 Å². The third-order valence-corrected chi connectivity index (χ3v) is 4.41. The number of hydrogen-bond acceptors (Lipinski definition) is 3. The van der Waals surface area contributed by atoms with Crippen molar-refractivity contribution in [1.82, 2.24) is 4.31 Å². The lowest BCUT2D eigenvalue weighted by atomic mass is 10.3. The second kappa shape index (κ2) is 5.46. The first kappa shape index (κ1) is 13.0. The number of halogens is 2. The number of rotatable bonds is 3. The minimum absolute atomic E-state index is 0.186. The van der Waals surface area contributed by atoms with Crippen LogP contribution in [0.15, 0.2) is 18.2 Å². The summed E-state index contributed by atoms with van der Waals surface area (Å²) in [6, 6.07) is 5.55. The monoisotopic (exact) mass is 274 g/mol. The highest BCUT2D eigenvalue weighted by Crippen LogP contribution is 2.27. The Morgan fingerprint density at radius 3 is 2.94 bits per heavy atom. The first-order valence-corrected chi connectivity index (χ1v) is 7.14. The summed E-state index contributed by atoms with van der Waals surface area (Å²) in [6.07, 6.45) is 3.19. The highest BCUT2D eigenvalue weighted by Gasteiger charge is 2.25. The molecular formula is C12H16ClFN2S. The molecule has 0 bridgehead atoms. The molecule has 0 aromatic heterocycles. The Kier molecular flexibility index (Phi) is 4.17. The molecule has 2 rings (SSSR count). The molecule has 0 spiro atoms.